The topological polar surface area (TPSA) is 49.3 Å². The van der Waals surface area contributed by atoms with Gasteiger partial charge in [-0.1, -0.05) is 25.1 Å². The van der Waals surface area contributed by atoms with Gasteiger partial charge in [0.25, 0.3) is 5.91 Å². The van der Waals surface area contributed by atoms with E-state index in [9.17, 15) is 4.79 Å². The van der Waals surface area contributed by atoms with Crippen molar-refractivity contribution in [1.82, 2.24) is 10.2 Å². The molecule has 1 unspecified atom stereocenters. The fraction of sp³-hybridized carbons (Fsp3) is 0.421. The van der Waals surface area contributed by atoms with Crippen LogP contribution in [0.4, 0.5) is 11.5 Å². The molecule has 2 aliphatic heterocycles. The molecule has 4 rings (SSSR count). The van der Waals surface area contributed by atoms with Crippen LogP contribution in [-0.4, -0.2) is 35.7 Å². The van der Waals surface area contributed by atoms with Crippen LogP contribution in [-0.2, 0) is 6.42 Å². The lowest BCUT2D eigenvalue weighted by molar-refractivity contribution is 0.0983. The van der Waals surface area contributed by atoms with Gasteiger partial charge in [-0.15, -0.1) is 10.2 Å². The highest BCUT2D eigenvalue weighted by Gasteiger charge is 2.26. The molecule has 1 fully saturated rings. The van der Waals surface area contributed by atoms with Crippen LogP contribution in [0.1, 0.15) is 35.8 Å². The van der Waals surface area contributed by atoms with Crippen LogP contribution in [0.2, 0.25) is 0 Å². The van der Waals surface area contributed by atoms with Crippen molar-refractivity contribution in [3.8, 4) is 0 Å². The second-order valence-electron chi connectivity index (χ2n) is 6.81. The van der Waals surface area contributed by atoms with E-state index in [1.54, 1.807) is 0 Å². The minimum Gasteiger partial charge on any atom is -0.355 e. The number of fused-ring (bicyclic) bond motifs is 1. The average molecular weight is 322 g/mol. The summed E-state index contributed by atoms with van der Waals surface area (Å²) in [5.74, 6) is 1.49. The molecular weight excluding hydrogens is 300 g/mol. The number of carbonyl (C=O) groups is 1. The van der Waals surface area contributed by atoms with E-state index in [1.807, 2.05) is 35.2 Å². The number of benzene rings is 1. The maximum Gasteiger partial charge on any atom is 0.278 e. The van der Waals surface area contributed by atoms with Crippen molar-refractivity contribution in [1.29, 1.82) is 0 Å². The molecule has 0 radical (unpaired) electrons. The van der Waals surface area contributed by atoms with Crippen LogP contribution >= 0.6 is 0 Å². The number of nitrogens with zero attached hydrogens (tertiary/aromatic N) is 4. The second kappa shape index (κ2) is 6.23. The van der Waals surface area contributed by atoms with Crippen molar-refractivity contribution in [3.63, 3.8) is 0 Å². The van der Waals surface area contributed by atoms with Crippen LogP contribution in [0.15, 0.2) is 36.4 Å². The van der Waals surface area contributed by atoms with Gasteiger partial charge in [-0.3, -0.25) is 4.79 Å². The number of hydrogen-bond donors (Lipinski definition) is 0. The first-order valence-electron chi connectivity index (χ1n) is 8.71. The largest absolute Gasteiger partial charge is 0.355 e. The summed E-state index contributed by atoms with van der Waals surface area (Å²) < 4.78 is 0. The van der Waals surface area contributed by atoms with Crippen molar-refractivity contribution in [2.24, 2.45) is 5.92 Å². The van der Waals surface area contributed by atoms with Crippen LogP contribution in [0, 0.1) is 5.92 Å². The van der Waals surface area contributed by atoms with Gasteiger partial charge in [-0.25, -0.2) is 0 Å². The molecule has 124 valence electrons. The summed E-state index contributed by atoms with van der Waals surface area (Å²) in [6.45, 7) is 5.01. The van der Waals surface area contributed by atoms with E-state index in [2.05, 4.69) is 28.1 Å². The predicted molar refractivity (Wildman–Crippen MR) is 94.5 cm³/mol. The quantitative estimate of drug-likeness (QED) is 0.853. The summed E-state index contributed by atoms with van der Waals surface area (Å²) in [6, 6.07) is 11.8. The number of hydrogen-bond acceptors (Lipinski definition) is 4. The number of amides is 1. The number of para-hydroxylation sites is 1. The SMILES string of the molecule is CC1CCCN(c2ccc(C(=O)N3CCc4ccccc43)nn2)C1. The molecule has 0 aliphatic carbocycles. The summed E-state index contributed by atoms with van der Waals surface area (Å²) in [7, 11) is 0. The van der Waals surface area contributed by atoms with Gasteiger partial charge in [0, 0.05) is 25.3 Å². The Bertz CT molecular complexity index is 743. The Morgan fingerprint density at radius 1 is 1.12 bits per heavy atom. The number of anilines is 2. The number of aromatic nitrogens is 2. The second-order valence-corrected chi connectivity index (χ2v) is 6.81. The van der Waals surface area contributed by atoms with Crippen molar-refractivity contribution < 1.29 is 4.79 Å². The summed E-state index contributed by atoms with van der Waals surface area (Å²) in [5.41, 5.74) is 2.64. The lowest BCUT2D eigenvalue weighted by atomic mass is 10.0. The molecule has 1 atom stereocenters. The van der Waals surface area contributed by atoms with E-state index in [0.29, 0.717) is 18.2 Å². The first kappa shape index (κ1) is 15.1. The van der Waals surface area contributed by atoms with Gasteiger partial charge in [0.15, 0.2) is 11.5 Å². The lowest BCUT2D eigenvalue weighted by Crippen LogP contribution is -2.35. The summed E-state index contributed by atoms with van der Waals surface area (Å²) in [4.78, 5) is 16.8. The van der Waals surface area contributed by atoms with Gasteiger partial charge in [0.05, 0.1) is 0 Å². The van der Waals surface area contributed by atoms with Crippen molar-refractivity contribution in [2.75, 3.05) is 29.4 Å². The smallest absolute Gasteiger partial charge is 0.278 e. The Hall–Kier alpha value is -2.43. The van der Waals surface area contributed by atoms with E-state index in [4.69, 9.17) is 0 Å². The zero-order valence-electron chi connectivity index (χ0n) is 14.0. The van der Waals surface area contributed by atoms with Crippen LogP contribution in [0.3, 0.4) is 0 Å². The van der Waals surface area contributed by atoms with Gasteiger partial charge in [0.1, 0.15) is 0 Å². The monoisotopic (exact) mass is 322 g/mol. The molecular formula is C19H22N4O. The lowest BCUT2D eigenvalue weighted by Gasteiger charge is -2.31. The Labute approximate surface area is 142 Å². The van der Waals surface area contributed by atoms with E-state index in [0.717, 1.165) is 31.0 Å². The molecule has 2 aromatic rings. The average Bonchev–Trinajstić information content (AvgIpc) is 3.05. The van der Waals surface area contributed by atoms with Gasteiger partial charge < -0.3 is 9.80 Å². The Morgan fingerprint density at radius 2 is 2.00 bits per heavy atom. The highest BCUT2D eigenvalue weighted by atomic mass is 16.2. The van der Waals surface area contributed by atoms with Crippen molar-refractivity contribution in [3.05, 3.63) is 47.7 Å². The Kier molecular flexibility index (Phi) is 3.92. The molecule has 1 aromatic heterocycles. The molecule has 5 heteroatoms. The fourth-order valence-corrected chi connectivity index (χ4v) is 3.69. The molecule has 0 spiro atoms. The Balaban J connectivity index is 1.52. The molecule has 0 N–H and O–H groups in total. The zero-order chi connectivity index (χ0) is 16.5. The van der Waals surface area contributed by atoms with Gasteiger partial charge >= 0.3 is 0 Å². The molecule has 2 aliphatic rings. The molecule has 3 heterocycles. The minimum absolute atomic E-state index is 0.0639. The van der Waals surface area contributed by atoms with Crippen molar-refractivity contribution >= 4 is 17.4 Å². The number of carbonyl (C=O) groups excluding carboxylic acids is 1. The third kappa shape index (κ3) is 2.75. The maximum absolute atomic E-state index is 12.8. The molecule has 0 bridgehead atoms. The minimum atomic E-state index is -0.0639. The summed E-state index contributed by atoms with van der Waals surface area (Å²) >= 11 is 0. The third-order valence-corrected chi connectivity index (χ3v) is 4.98. The normalized spacial score (nSPS) is 20.1. The van der Waals surface area contributed by atoms with E-state index < -0.39 is 0 Å². The van der Waals surface area contributed by atoms with Crippen LogP contribution in [0.5, 0.6) is 0 Å². The highest BCUT2D eigenvalue weighted by Crippen LogP contribution is 2.28. The number of rotatable bonds is 2. The molecule has 1 saturated heterocycles. The molecule has 0 saturated carbocycles. The molecule has 1 amide bonds. The Morgan fingerprint density at radius 3 is 2.79 bits per heavy atom. The first-order valence-corrected chi connectivity index (χ1v) is 8.71. The summed E-state index contributed by atoms with van der Waals surface area (Å²) in [5, 5.41) is 8.53. The van der Waals surface area contributed by atoms with Gasteiger partial charge in [-0.05, 0) is 48.9 Å². The van der Waals surface area contributed by atoms with E-state index in [-0.39, 0.29) is 5.91 Å². The van der Waals surface area contributed by atoms with E-state index in [1.165, 1.54) is 18.4 Å². The molecule has 5 nitrogen and oxygen atoms in total. The molecule has 1 aromatic carbocycles. The third-order valence-electron chi connectivity index (χ3n) is 4.98. The first-order chi connectivity index (χ1) is 11.7. The van der Waals surface area contributed by atoms with Crippen LogP contribution in [0.25, 0.3) is 0 Å². The zero-order valence-corrected chi connectivity index (χ0v) is 14.0. The standard InChI is InChI=1S/C19H22N4O/c1-14-5-4-11-22(13-14)18-9-8-16(20-21-18)19(24)23-12-10-15-6-2-3-7-17(15)23/h2-3,6-9,14H,4-5,10-13H2,1H3. The van der Waals surface area contributed by atoms with Gasteiger partial charge in [0.2, 0.25) is 0 Å². The van der Waals surface area contributed by atoms with Gasteiger partial charge in [-0.2, -0.15) is 0 Å². The predicted octanol–water partition coefficient (Wildman–Crippen LogP) is 2.92. The van der Waals surface area contributed by atoms with Crippen molar-refractivity contribution in [2.45, 2.75) is 26.2 Å². The van der Waals surface area contributed by atoms with Crippen LogP contribution < -0.4 is 9.80 Å². The van der Waals surface area contributed by atoms with E-state index >= 15 is 0 Å². The molecule has 24 heavy (non-hydrogen) atoms. The maximum atomic E-state index is 12.8. The number of piperidine rings is 1. The fourth-order valence-electron chi connectivity index (χ4n) is 3.69. The summed E-state index contributed by atoms with van der Waals surface area (Å²) in [6.07, 6.45) is 3.36. The highest BCUT2D eigenvalue weighted by molar-refractivity contribution is 6.06.